The highest BCUT2D eigenvalue weighted by Gasteiger charge is 2.15. The van der Waals surface area contributed by atoms with Crippen molar-refractivity contribution >= 4 is 50.5 Å². The third-order valence-corrected chi connectivity index (χ3v) is 4.75. The molecule has 0 atom stereocenters. The predicted molar refractivity (Wildman–Crippen MR) is 78.6 cm³/mol. The van der Waals surface area contributed by atoms with Gasteiger partial charge in [-0.15, -0.1) is 11.6 Å². The fraction of sp³-hybridized carbons (Fsp3) is 0.455. The third-order valence-electron chi connectivity index (χ3n) is 2.34. The molecule has 1 rings (SSSR count). The van der Waals surface area contributed by atoms with Crippen molar-refractivity contribution in [2.45, 2.75) is 19.8 Å². The first-order valence-electron chi connectivity index (χ1n) is 5.38. The maximum absolute atomic E-state index is 11.8. The van der Waals surface area contributed by atoms with Gasteiger partial charge in [0.1, 0.15) is 0 Å². The first kappa shape index (κ1) is 15.9. The number of hydrogen-bond donors (Lipinski definition) is 1. The molecule has 0 aliphatic heterocycles. The summed E-state index contributed by atoms with van der Waals surface area (Å²) in [5.41, 5.74) is 1.00. The molecule has 0 saturated heterocycles. The van der Waals surface area contributed by atoms with E-state index < -0.39 is 10.0 Å². The van der Waals surface area contributed by atoms with E-state index in [-0.39, 0.29) is 16.5 Å². The standard InChI is InChI=1S/C11H14Cl3NO2S/c1-8-4-5-9(13)11(10(8)14)15-18(16,17)7-3-2-6-12/h4-5,15H,2-3,6-7H2,1H3. The number of nitrogens with one attached hydrogen (secondary N) is 1. The minimum Gasteiger partial charge on any atom is -0.281 e. The molecule has 1 aromatic rings. The molecule has 0 heterocycles. The van der Waals surface area contributed by atoms with E-state index in [1.54, 1.807) is 19.1 Å². The lowest BCUT2D eigenvalue weighted by atomic mass is 10.2. The summed E-state index contributed by atoms with van der Waals surface area (Å²) in [6.07, 6.45) is 1.15. The van der Waals surface area contributed by atoms with Crippen LogP contribution >= 0.6 is 34.8 Å². The molecule has 7 heteroatoms. The number of halogens is 3. The topological polar surface area (TPSA) is 46.2 Å². The van der Waals surface area contributed by atoms with Crippen LogP contribution in [0.3, 0.4) is 0 Å². The second-order valence-electron chi connectivity index (χ2n) is 3.87. The molecule has 102 valence electrons. The Morgan fingerprint density at radius 3 is 2.50 bits per heavy atom. The third kappa shape index (κ3) is 4.50. The predicted octanol–water partition coefficient (Wildman–Crippen LogP) is 4.06. The zero-order valence-corrected chi connectivity index (χ0v) is 12.9. The minimum absolute atomic E-state index is 0.000317. The van der Waals surface area contributed by atoms with Crippen molar-refractivity contribution in [3.8, 4) is 0 Å². The molecular weight excluding hydrogens is 317 g/mol. The fourth-order valence-corrected chi connectivity index (χ4v) is 3.32. The number of sulfonamides is 1. The molecule has 0 fully saturated rings. The maximum atomic E-state index is 11.8. The van der Waals surface area contributed by atoms with Crippen molar-refractivity contribution in [2.75, 3.05) is 16.4 Å². The number of aryl methyl sites for hydroxylation is 1. The Kier molecular flexibility index (Phi) is 6.05. The van der Waals surface area contributed by atoms with Gasteiger partial charge in [-0.25, -0.2) is 8.42 Å². The first-order valence-corrected chi connectivity index (χ1v) is 8.32. The van der Waals surface area contributed by atoms with Gasteiger partial charge in [0.25, 0.3) is 0 Å². The summed E-state index contributed by atoms with van der Waals surface area (Å²) in [7, 11) is -3.45. The van der Waals surface area contributed by atoms with Crippen molar-refractivity contribution < 1.29 is 8.42 Å². The van der Waals surface area contributed by atoms with Gasteiger partial charge in [-0.2, -0.15) is 0 Å². The van der Waals surface area contributed by atoms with Crippen LogP contribution in [0.4, 0.5) is 5.69 Å². The van der Waals surface area contributed by atoms with Gasteiger partial charge in [0.05, 0.1) is 21.5 Å². The van der Waals surface area contributed by atoms with E-state index in [9.17, 15) is 8.42 Å². The number of unbranched alkanes of at least 4 members (excludes halogenated alkanes) is 1. The lowest BCUT2D eigenvalue weighted by molar-refractivity contribution is 0.598. The Balaban J connectivity index is 2.87. The molecule has 0 bridgehead atoms. The van der Waals surface area contributed by atoms with Gasteiger partial charge in [-0.3, -0.25) is 4.72 Å². The van der Waals surface area contributed by atoms with Crippen molar-refractivity contribution in [1.82, 2.24) is 0 Å². The van der Waals surface area contributed by atoms with Gasteiger partial charge in [0.15, 0.2) is 0 Å². The summed E-state index contributed by atoms with van der Waals surface area (Å²) < 4.78 is 26.1. The molecule has 0 amide bonds. The number of rotatable bonds is 6. The first-order chi connectivity index (χ1) is 8.37. The van der Waals surface area contributed by atoms with Crippen molar-refractivity contribution in [3.05, 3.63) is 27.7 Å². The van der Waals surface area contributed by atoms with E-state index in [0.29, 0.717) is 23.7 Å². The molecule has 0 aliphatic carbocycles. The SMILES string of the molecule is Cc1ccc(Cl)c(NS(=O)(=O)CCCCCl)c1Cl. The van der Waals surface area contributed by atoms with Crippen molar-refractivity contribution in [2.24, 2.45) is 0 Å². The van der Waals surface area contributed by atoms with Crippen LogP contribution in [-0.2, 0) is 10.0 Å². The Hall–Kier alpha value is -0.160. The van der Waals surface area contributed by atoms with Crippen molar-refractivity contribution in [3.63, 3.8) is 0 Å². The molecule has 0 spiro atoms. The summed E-state index contributed by atoms with van der Waals surface area (Å²) in [6.45, 7) is 1.78. The van der Waals surface area contributed by atoms with E-state index in [2.05, 4.69) is 4.72 Å². The van der Waals surface area contributed by atoms with Crippen LogP contribution in [-0.4, -0.2) is 20.1 Å². The molecule has 0 saturated carbocycles. The van der Waals surface area contributed by atoms with Gasteiger partial charge < -0.3 is 0 Å². The van der Waals surface area contributed by atoms with Gasteiger partial charge in [-0.1, -0.05) is 29.3 Å². The van der Waals surface area contributed by atoms with Gasteiger partial charge >= 0.3 is 0 Å². The molecule has 1 aromatic carbocycles. The van der Waals surface area contributed by atoms with E-state index in [4.69, 9.17) is 34.8 Å². The molecule has 0 aliphatic rings. The highest BCUT2D eigenvalue weighted by molar-refractivity contribution is 7.92. The number of hydrogen-bond acceptors (Lipinski definition) is 2. The highest BCUT2D eigenvalue weighted by atomic mass is 35.5. The minimum atomic E-state index is -3.45. The average molecular weight is 331 g/mol. The monoisotopic (exact) mass is 329 g/mol. The molecular formula is C11H14Cl3NO2S. The zero-order chi connectivity index (χ0) is 13.8. The summed E-state index contributed by atoms with van der Waals surface area (Å²) in [5, 5.41) is 0.606. The summed E-state index contributed by atoms with van der Waals surface area (Å²) in [4.78, 5) is 0. The van der Waals surface area contributed by atoms with Crippen LogP contribution < -0.4 is 4.72 Å². The largest absolute Gasteiger partial charge is 0.281 e. The Bertz CT molecular complexity index is 517. The second kappa shape index (κ2) is 6.85. The van der Waals surface area contributed by atoms with Gasteiger partial charge in [-0.05, 0) is 31.4 Å². The second-order valence-corrected chi connectivity index (χ2v) is 6.88. The quantitative estimate of drug-likeness (QED) is 0.631. The van der Waals surface area contributed by atoms with E-state index in [0.717, 1.165) is 5.56 Å². The van der Waals surface area contributed by atoms with Gasteiger partial charge in [0.2, 0.25) is 10.0 Å². The lowest BCUT2D eigenvalue weighted by Crippen LogP contribution is -2.17. The van der Waals surface area contributed by atoms with E-state index in [1.165, 1.54) is 0 Å². The fourth-order valence-electron chi connectivity index (χ4n) is 1.34. The zero-order valence-electron chi connectivity index (χ0n) is 9.84. The molecule has 3 nitrogen and oxygen atoms in total. The number of alkyl halides is 1. The molecule has 18 heavy (non-hydrogen) atoms. The smallest absolute Gasteiger partial charge is 0.232 e. The Morgan fingerprint density at radius 1 is 1.22 bits per heavy atom. The molecule has 1 N–H and O–H groups in total. The normalized spacial score (nSPS) is 11.6. The number of anilines is 1. The van der Waals surface area contributed by atoms with Crippen LogP contribution in [0.15, 0.2) is 12.1 Å². The van der Waals surface area contributed by atoms with Crippen LogP contribution in [0.5, 0.6) is 0 Å². The molecule has 0 aromatic heterocycles. The van der Waals surface area contributed by atoms with E-state index in [1.807, 2.05) is 0 Å². The Morgan fingerprint density at radius 2 is 1.89 bits per heavy atom. The maximum Gasteiger partial charge on any atom is 0.232 e. The van der Waals surface area contributed by atoms with Crippen LogP contribution in [0.1, 0.15) is 18.4 Å². The molecule has 0 radical (unpaired) electrons. The van der Waals surface area contributed by atoms with Crippen molar-refractivity contribution in [1.29, 1.82) is 0 Å². The van der Waals surface area contributed by atoms with E-state index >= 15 is 0 Å². The van der Waals surface area contributed by atoms with Crippen LogP contribution in [0.25, 0.3) is 0 Å². The van der Waals surface area contributed by atoms with Gasteiger partial charge in [0, 0.05) is 5.88 Å². The molecule has 0 unspecified atom stereocenters. The summed E-state index contributed by atoms with van der Waals surface area (Å²) in [5.74, 6) is 0.446. The lowest BCUT2D eigenvalue weighted by Gasteiger charge is -2.12. The summed E-state index contributed by atoms with van der Waals surface area (Å²) >= 11 is 17.5. The average Bonchev–Trinajstić information content (AvgIpc) is 2.30. The summed E-state index contributed by atoms with van der Waals surface area (Å²) in [6, 6.07) is 3.34. The highest BCUT2D eigenvalue weighted by Crippen LogP contribution is 2.33. The number of benzene rings is 1. The Labute approximate surface area is 122 Å². The van der Waals surface area contributed by atoms with Crippen LogP contribution in [0, 0.1) is 6.92 Å². The van der Waals surface area contributed by atoms with Crippen LogP contribution in [0.2, 0.25) is 10.0 Å².